The van der Waals surface area contributed by atoms with Crippen LogP contribution in [-0.4, -0.2) is 19.4 Å². The maximum absolute atomic E-state index is 12.4. The Bertz CT molecular complexity index is 617. The molecule has 0 saturated heterocycles. The van der Waals surface area contributed by atoms with Crippen LogP contribution in [0.25, 0.3) is 0 Å². The van der Waals surface area contributed by atoms with Crippen molar-refractivity contribution in [3.8, 4) is 0 Å². The molecule has 0 aliphatic heterocycles. The maximum Gasteiger partial charge on any atom is 0.242 e. The van der Waals surface area contributed by atoms with Crippen LogP contribution < -0.4 is 10.5 Å². The number of nitrogens with two attached hydrogens (primary N) is 1. The van der Waals surface area contributed by atoms with E-state index < -0.39 is 10.0 Å². The second-order valence-corrected chi connectivity index (χ2v) is 7.81. The maximum atomic E-state index is 12.4. The Morgan fingerprint density at radius 3 is 2.52 bits per heavy atom. The summed E-state index contributed by atoms with van der Waals surface area (Å²) in [6, 6.07) is 4.30. The highest BCUT2D eigenvalue weighted by Gasteiger charge is 2.21. The first-order valence-electron chi connectivity index (χ1n) is 6.79. The topological polar surface area (TPSA) is 72.2 Å². The van der Waals surface area contributed by atoms with E-state index in [-0.39, 0.29) is 20.9 Å². The van der Waals surface area contributed by atoms with Crippen LogP contribution >= 0.6 is 23.8 Å². The van der Waals surface area contributed by atoms with Crippen molar-refractivity contribution in [3.05, 3.63) is 28.8 Å². The fraction of sp³-hybridized carbons (Fsp3) is 0.500. The fourth-order valence-electron chi connectivity index (χ4n) is 2.02. The van der Waals surface area contributed by atoms with Crippen molar-refractivity contribution in [2.45, 2.75) is 44.6 Å². The summed E-state index contributed by atoms with van der Waals surface area (Å²) in [6.45, 7) is 6.02. The Balaban J connectivity index is 2.95. The molecule has 0 amide bonds. The Kier molecular flexibility index (Phi) is 6.59. The van der Waals surface area contributed by atoms with Gasteiger partial charge in [0.05, 0.1) is 5.02 Å². The summed E-state index contributed by atoms with van der Waals surface area (Å²) in [5.74, 6) is 0.454. The molecule has 7 heteroatoms. The minimum absolute atomic E-state index is 0.0418. The predicted molar refractivity (Wildman–Crippen MR) is 91.2 cm³/mol. The van der Waals surface area contributed by atoms with E-state index in [0.29, 0.717) is 11.5 Å². The fourth-order valence-corrected chi connectivity index (χ4v) is 3.95. The zero-order valence-electron chi connectivity index (χ0n) is 12.4. The van der Waals surface area contributed by atoms with Gasteiger partial charge in [0.25, 0.3) is 0 Å². The first-order chi connectivity index (χ1) is 9.67. The van der Waals surface area contributed by atoms with E-state index in [1.54, 1.807) is 6.07 Å². The molecule has 21 heavy (non-hydrogen) atoms. The summed E-state index contributed by atoms with van der Waals surface area (Å²) in [5.41, 5.74) is 6.04. The van der Waals surface area contributed by atoms with Crippen LogP contribution in [0.15, 0.2) is 23.1 Å². The number of nitrogens with one attached hydrogen (secondary N) is 1. The Morgan fingerprint density at radius 2 is 2.05 bits per heavy atom. The lowest BCUT2D eigenvalue weighted by atomic mass is 10.0. The Labute approximate surface area is 137 Å². The second-order valence-electron chi connectivity index (χ2n) is 5.28. The van der Waals surface area contributed by atoms with E-state index >= 15 is 0 Å². The highest BCUT2D eigenvalue weighted by atomic mass is 35.5. The summed E-state index contributed by atoms with van der Waals surface area (Å²) in [4.78, 5) is 0.221. The lowest BCUT2D eigenvalue weighted by Gasteiger charge is -2.18. The van der Waals surface area contributed by atoms with Crippen LogP contribution in [0.5, 0.6) is 0 Å². The van der Waals surface area contributed by atoms with Crippen molar-refractivity contribution in [1.29, 1.82) is 0 Å². The van der Waals surface area contributed by atoms with E-state index in [0.717, 1.165) is 12.8 Å². The number of thiocarbonyl (C=S) groups is 1. The number of benzene rings is 1. The van der Waals surface area contributed by atoms with E-state index in [2.05, 4.69) is 18.6 Å². The van der Waals surface area contributed by atoms with Crippen LogP contribution in [0.3, 0.4) is 0 Å². The predicted octanol–water partition coefficient (Wildman–Crippen LogP) is 3.08. The normalized spacial score (nSPS) is 14.7. The Morgan fingerprint density at radius 1 is 1.43 bits per heavy atom. The summed E-state index contributed by atoms with van der Waals surface area (Å²) in [7, 11) is -3.65. The monoisotopic (exact) mass is 348 g/mol. The molecule has 0 aliphatic carbocycles. The molecular formula is C14H21ClN2O2S2. The zero-order valence-corrected chi connectivity index (χ0v) is 14.8. The SMILES string of the molecule is CCC(C)CC(C)NS(=O)(=O)c1ccc(C(N)=S)cc1Cl. The lowest BCUT2D eigenvalue weighted by molar-refractivity contribution is 0.445. The van der Waals surface area contributed by atoms with Crippen LogP contribution in [0, 0.1) is 5.92 Å². The molecule has 2 unspecified atom stereocenters. The van der Waals surface area contributed by atoms with Crippen LogP contribution in [0.2, 0.25) is 5.02 Å². The van der Waals surface area contributed by atoms with Gasteiger partial charge in [0.15, 0.2) is 0 Å². The third-order valence-corrected chi connectivity index (χ3v) is 5.62. The van der Waals surface area contributed by atoms with Gasteiger partial charge in [-0.3, -0.25) is 0 Å². The van der Waals surface area contributed by atoms with Gasteiger partial charge in [0, 0.05) is 11.6 Å². The smallest absolute Gasteiger partial charge is 0.242 e. The molecule has 0 bridgehead atoms. The average molecular weight is 349 g/mol. The molecule has 0 saturated carbocycles. The van der Waals surface area contributed by atoms with Gasteiger partial charge < -0.3 is 5.73 Å². The summed E-state index contributed by atoms with van der Waals surface area (Å²) < 4.78 is 27.4. The lowest BCUT2D eigenvalue weighted by Crippen LogP contribution is -2.34. The van der Waals surface area contributed by atoms with Crippen molar-refractivity contribution in [2.24, 2.45) is 11.7 Å². The van der Waals surface area contributed by atoms with Gasteiger partial charge in [0.1, 0.15) is 9.88 Å². The average Bonchev–Trinajstić information content (AvgIpc) is 2.36. The first kappa shape index (κ1) is 18.4. The molecule has 2 atom stereocenters. The third-order valence-electron chi connectivity index (χ3n) is 3.32. The molecule has 1 rings (SSSR count). The van der Waals surface area contributed by atoms with E-state index in [1.807, 2.05) is 6.92 Å². The van der Waals surface area contributed by atoms with E-state index in [4.69, 9.17) is 29.6 Å². The number of rotatable bonds is 7. The summed E-state index contributed by atoms with van der Waals surface area (Å²) >= 11 is 10.9. The van der Waals surface area contributed by atoms with Crippen LogP contribution in [0.1, 0.15) is 39.2 Å². The van der Waals surface area contributed by atoms with Gasteiger partial charge in [-0.15, -0.1) is 0 Å². The van der Waals surface area contributed by atoms with Crippen molar-refractivity contribution >= 4 is 38.8 Å². The minimum atomic E-state index is -3.65. The molecule has 0 spiro atoms. The zero-order chi connectivity index (χ0) is 16.2. The van der Waals surface area contributed by atoms with Crippen LogP contribution in [0.4, 0.5) is 0 Å². The van der Waals surface area contributed by atoms with E-state index in [9.17, 15) is 8.42 Å². The van der Waals surface area contributed by atoms with Gasteiger partial charge in [-0.1, -0.05) is 50.2 Å². The molecule has 4 nitrogen and oxygen atoms in total. The molecule has 1 aromatic carbocycles. The molecule has 0 radical (unpaired) electrons. The second kappa shape index (κ2) is 7.54. The molecule has 0 heterocycles. The largest absolute Gasteiger partial charge is 0.389 e. The standard InChI is InChI=1S/C14H21ClN2O2S2/c1-4-9(2)7-10(3)17-21(18,19)13-6-5-11(14(16)20)8-12(13)15/h5-6,8-10,17H,4,7H2,1-3H3,(H2,16,20). The number of hydrogen-bond donors (Lipinski definition) is 2. The number of hydrogen-bond acceptors (Lipinski definition) is 3. The first-order valence-corrected chi connectivity index (χ1v) is 9.06. The van der Waals surface area contributed by atoms with Gasteiger partial charge in [0.2, 0.25) is 10.0 Å². The van der Waals surface area contributed by atoms with Crippen molar-refractivity contribution in [2.75, 3.05) is 0 Å². The van der Waals surface area contributed by atoms with Crippen molar-refractivity contribution in [1.82, 2.24) is 4.72 Å². The van der Waals surface area contributed by atoms with Crippen molar-refractivity contribution in [3.63, 3.8) is 0 Å². The van der Waals surface area contributed by atoms with Gasteiger partial charge >= 0.3 is 0 Å². The molecule has 3 N–H and O–H groups in total. The minimum Gasteiger partial charge on any atom is -0.389 e. The summed E-state index contributed by atoms with van der Waals surface area (Å²) in [5, 5.41) is 0.114. The van der Waals surface area contributed by atoms with Gasteiger partial charge in [-0.2, -0.15) is 0 Å². The molecule has 0 aromatic heterocycles. The molecule has 1 aromatic rings. The third kappa shape index (κ3) is 5.21. The van der Waals surface area contributed by atoms with Gasteiger partial charge in [-0.05, 0) is 31.4 Å². The number of halogens is 1. The molecule has 118 valence electrons. The van der Waals surface area contributed by atoms with Crippen molar-refractivity contribution < 1.29 is 8.42 Å². The Hall–Kier alpha value is -0.690. The highest BCUT2D eigenvalue weighted by Crippen LogP contribution is 2.23. The summed E-state index contributed by atoms with van der Waals surface area (Å²) in [6.07, 6.45) is 1.79. The molecule has 0 fully saturated rings. The quantitative estimate of drug-likeness (QED) is 0.743. The van der Waals surface area contributed by atoms with E-state index in [1.165, 1.54) is 12.1 Å². The molecule has 0 aliphatic rings. The van der Waals surface area contributed by atoms with Gasteiger partial charge in [-0.25, -0.2) is 13.1 Å². The number of sulfonamides is 1. The highest BCUT2D eigenvalue weighted by molar-refractivity contribution is 7.89. The molecular weight excluding hydrogens is 328 g/mol. The van der Waals surface area contributed by atoms with Crippen LogP contribution in [-0.2, 0) is 10.0 Å².